The van der Waals surface area contributed by atoms with E-state index in [-0.39, 0.29) is 5.91 Å². The van der Waals surface area contributed by atoms with Crippen molar-refractivity contribution in [2.75, 3.05) is 33.2 Å². The Labute approximate surface area is 116 Å². The molecule has 0 unspecified atom stereocenters. The summed E-state index contributed by atoms with van der Waals surface area (Å²) in [6, 6.07) is 8.19. The Kier molecular flexibility index (Phi) is 4.97. The van der Waals surface area contributed by atoms with E-state index in [1.807, 2.05) is 24.1 Å². The highest BCUT2D eigenvalue weighted by molar-refractivity contribution is 5.78. The largest absolute Gasteiger partial charge is 0.344 e. The van der Waals surface area contributed by atoms with Gasteiger partial charge in [-0.2, -0.15) is 0 Å². The highest BCUT2D eigenvalue weighted by atomic mass is 16.2. The Hall–Kier alpha value is -1.35. The van der Waals surface area contributed by atoms with Gasteiger partial charge >= 0.3 is 0 Å². The van der Waals surface area contributed by atoms with Gasteiger partial charge in [0.1, 0.15) is 0 Å². The third-order valence-corrected chi connectivity index (χ3v) is 3.81. The Morgan fingerprint density at radius 2 is 2.05 bits per heavy atom. The van der Waals surface area contributed by atoms with Gasteiger partial charge in [0.15, 0.2) is 0 Å². The molecule has 3 heteroatoms. The van der Waals surface area contributed by atoms with Gasteiger partial charge in [-0.1, -0.05) is 29.8 Å². The average molecular weight is 260 g/mol. The summed E-state index contributed by atoms with van der Waals surface area (Å²) in [5.74, 6) is 0.213. The maximum absolute atomic E-state index is 12.1. The Morgan fingerprint density at radius 1 is 1.32 bits per heavy atom. The van der Waals surface area contributed by atoms with Gasteiger partial charge in [-0.05, 0) is 38.4 Å². The molecule has 1 aliphatic heterocycles. The molecule has 1 saturated heterocycles. The van der Waals surface area contributed by atoms with Crippen LogP contribution >= 0.6 is 0 Å². The summed E-state index contributed by atoms with van der Waals surface area (Å²) in [5, 5.41) is 0. The van der Waals surface area contributed by atoms with Crippen molar-refractivity contribution in [2.24, 2.45) is 0 Å². The number of rotatable bonds is 5. The number of aryl methyl sites for hydroxylation is 1. The van der Waals surface area contributed by atoms with Crippen molar-refractivity contribution in [3.8, 4) is 0 Å². The fourth-order valence-corrected chi connectivity index (χ4v) is 2.55. The number of amides is 1. The van der Waals surface area contributed by atoms with E-state index in [0.717, 1.165) is 18.7 Å². The van der Waals surface area contributed by atoms with E-state index >= 15 is 0 Å². The standard InChI is InChI=1S/C16H24N2O/c1-14-6-5-7-15(12-14)13-16(19)17(2)10-11-18-8-3-4-9-18/h5-7,12H,3-4,8-11,13H2,1-2H3. The van der Waals surface area contributed by atoms with Crippen LogP contribution in [0.2, 0.25) is 0 Å². The zero-order valence-corrected chi connectivity index (χ0v) is 12.1. The number of hydrogen-bond donors (Lipinski definition) is 0. The molecule has 1 aliphatic rings. The quantitative estimate of drug-likeness (QED) is 0.809. The maximum atomic E-state index is 12.1. The van der Waals surface area contributed by atoms with E-state index < -0.39 is 0 Å². The summed E-state index contributed by atoms with van der Waals surface area (Å²) in [4.78, 5) is 16.4. The topological polar surface area (TPSA) is 23.6 Å². The Morgan fingerprint density at radius 3 is 2.74 bits per heavy atom. The van der Waals surface area contributed by atoms with Crippen LogP contribution in [0.1, 0.15) is 24.0 Å². The summed E-state index contributed by atoms with van der Waals surface area (Å²) < 4.78 is 0. The van der Waals surface area contributed by atoms with Gasteiger partial charge in [-0.15, -0.1) is 0 Å². The highest BCUT2D eigenvalue weighted by Crippen LogP contribution is 2.08. The summed E-state index contributed by atoms with van der Waals surface area (Å²) in [7, 11) is 1.91. The lowest BCUT2D eigenvalue weighted by Gasteiger charge is -2.21. The van der Waals surface area contributed by atoms with Gasteiger partial charge in [-0.3, -0.25) is 4.79 Å². The van der Waals surface area contributed by atoms with E-state index in [0.29, 0.717) is 6.42 Å². The molecule has 0 bridgehead atoms. The molecule has 0 saturated carbocycles. The minimum atomic E-state index is 0.213. The number of likely N-dealkylation sites (N-methyl/N-ethyl adjacent to an activating group) is 1. The predicted molar refractivity (Wildman–Crippen MR) is 78.2 cm³/mol. The van der Waals surface area contributed by atoms with Crippen LogP contribution in [0.5, 0.6) is 0 Å². The van der Waals surface area contributed by atoms with Crippen LogP contribution < -0.4 is 0 Å². The molecule has 0 aromatic heterocycles. The first-order valence-electron chi connectivity index (χ1n) is 7.17. The van der Waals surface area contributed by atoms with Crippen molar-refractivity contribution in [3.05, 3.63) is 35.4 Å². The third-order valence-electron chi connectivity index (χ3n) is 3.81. The molecular weight excluding hydrogens is 236 g/mol. The normalized spacial score (nSPS) is 15.7. The zero-order chi connectivity index (χ0) is 13.7. The van der Waals surface area contributed by atoms with Crippen molar-refractivity contribution in [3.63, 3.8) is 0 Å². The van der Waals surface area contributed by atoms with Crippen molar-refractivity contribution < 1.29 is 4.79 Å². The molecule has 0 radical (unpaired) electrons. The molecule has 0 N–H and O–H groups in total. The van der Waals surface area contributed by atoms with Crippen LogP contribution in [0.3, 0.4) is 0 Å². The first-order valence-corrected chi connectivity index (χ1v) is 7.17. The Balaban J connectivity index is 1.78. The molecule has 0 atom stereocenters. The molecule has 1 fully saturated rings. The van der Waals surface area contributed by atoms with Crippen LogP contribution in [-0.2, 0) is 11.2 Å². The summed E-state index contributed by atoms with van der Waals surface area (Å²) >= 11 is 0. The monoisotopic (exact) mass is 260 g/mol. The average Bonchev–Trinajstić information content (AvgIpc) is 2.89. The number of carbonyl (C=O) groups is 1. The van der Waals surface area contributed by atoms with Crippen molar-refractivity contribution in [1.82, 2.24) is 9.80 Å². The van der Waals surface area contributed by atoms with Gasteiger partial charge in [0.05, 0.1) is 6.42 Å². The molecule has 0 spiro atoms. The summed E-state index contributed by atoms with van der Waals surface area (Å²) in [5.41, 5.74) is 2.32. The number of likely N-dealkylation sites (tertiary alicyclic amines) is 1. The fraction of sp³-hybridized carbons (Fsp3) is 0.562. The van der Waals surface area contributed by atoms with E-state index in [2.05, 4.69) is 24.0 Å². The van der Waals surface area contributed by atoms with Crippen molar-refractivity contribution in [2.45, 2.75) is 26.2 Å². The van der Waals surface area contributed by atoms with Gasteiger partial charge in [0.2, 0.25) is 5.91 Å². The summed E-state index contributed by atoms with van der Waals surface area (Å²) in [6.45, 7) is 6.30. The van der Waals surface area contributed by atoms with Crippen LogP contribution in [0, 0.1) is 6.92 Å². The molecular formula is C16H24N2O. The summed E-state index contributed by atoms with van der Waals surface area (Å²) in [6.07, 6.45) is 3.13. The van der Waals surface area contributed by atoms with Gasteiger partial charge < -0.3 is 9.80 Å². The molecule has 0 aliphatic carbocycles. The molecule has 104 valence electrons. The Bertz CT molecular complexity index is 425. The lowest BCUT2D eigenvalue weighted by molar-refractivity contribution is -0.129. The smallest absolute Gasteiger partial charge is 0.226 e. The van der Waals surface area contributed by atoms with Gasteiger partial charge in [-0.25, -0.2) is 0 Å². The van der Waals surface area contributed by atoms with Crippen molar-refractivity contribution in [1.29, 1.82) is 0 Å². The van der Waals surface area contributed by atoms with E-state index in [4.69, 9.17) is 0 Å². The van der Waals surface area contributed by atoms with Crippen LogP contribution in [0.25, 0.3) is 0 Å². The van der Waals surface area contributed by atoms with Crippen LogP contribution in [0.4, 0.5) is 0 Å². The SMILES string of the molecule is Cc1cccc(CC(=O)N(C)CCN2CCCC2)c1. The molecule has 1 amide bonds. The lowest BCUT2D eigenvalue weighted by Crippen LogP contribution is -2.35. The minimum Gasteiger partial charge on any atom is -0.344 e. The van der Waals surface area contributed by atoms with E-state index in [1.54, 1.807) is 0 Å². The first-order chi connectivity index (χ1) is 9.15. The number of benzene rings is 1. The number of nitrogens with zero attached hydrogens (tertiary/aromatic N) is 2. The van der Waals surface area contributed by atoms with Crippen LogP contribution in [0.15, 0.2) is 24.3 Å². The molecule has 3 nitrogen and oxygen atoms in total. The van der Waals surface area contributed by atoms with Gasteiger partial charge in [0, 0.05) is 20.1 Å². The van der Waals surface area contributed by atoms with E-state index in [1.165, 1.54) is 31.5 Å². The lowest BCUT2D eigenvalue weighted by atomic mass is 10.1. The van der Waals surface area contributed by atoms with Gasteiger partial charge in [0.25, 0.3) is 0 Å². The molecule has 2 rings (SSSR count). The van der Waals surface area contributed by atoms with Crippen molar-refractivity contribution >= 4 is 5.91 Å². The third kappa shape index (κ3) is 4.35. The minimum absolute atomic E-state index is 0.213. The molecule has 1 heterocycles. The molecule has 1 aromatic rings. The van der Waals surface area contributed by atoms with Crippen LogP contribution in [-0.4, -0.2) is 48.9 Å². The predicted octanol–water partition coefficient (Wildman–Crippen LogP) is 2.09. The molecule has 1 aromatic carbocycles. The molecule has 19 heavy (non-hydrogen) atoms. The zero-order valence-electron chi connectivity index (χ0n) is 12.1. The highest BCUT2D eigenvalue weighted by Gasteiger charge is 2.14. The first kappa shape index (κ1) is 14.1. The second-order valence-electron chi connectivity index (χ2n) is 5.53. The number of carbonyl (C=O) groups excluding carboxylic acids is 1. The maximum Gasteiger partial charge on any atom is 0.226 e. The second-order valence-corrected chi connectivity index (χ2v) is 5.53. The number of hydrogen-bond acceptors (Lipinski definition) is 2. The second kappa shape index (κ2) is 6.71. The fourth-order valence-electron chi connectivity index (χ4n) is 2.55. The van der Waals surface area contributed by atoms with E-state index in [9.17, 15) is 4.79 Å².